The minimum Gasteiger partial charge on any atom is -0.481 e. The molecule has 2 N–H and O–H groups in total. The molecule has 0 aromatic heterocycles. The smallest absolute Gasteiger partial charge is 0.265 e. The Morgan fingerprint density at radius 2 is 1.50 bits per heavy atom. The Bertz CT molecular complexity index is 1170. The molecule has 32 heavy (non-hydrogen) atoms. The molecule has 0 aliphatic heterocycles. The minimum absolute atomic E-state index is 0.106. The van der Waals surface area contributed by atoms with Gasteiger partial charge in [-0.15, -0.1) is 0 Å². The zero-order valence-electron chi connectivity index (χ0n) is 18.7. The van der Waals surface area contributed by atoms with Gasteiger partial charge >= 0.3 is 0 Å². The summed E-state index contributed by atoms with van der Waals surface area (Å²) in [5, 5.41) is 2.75. The molecule has 0 spiro atoms. The predicted molar refractivity (Wildman–Crippen MR) is 128 cm³/mol. The van der Waals surface area contributed by atoms with E-state index in [0.717, 1.165) is 17.5 Å². The maximum absolute atomic E-state index is 12.7. The van der Waals surface area contributed by atoms with E-state index in [1.807, 2.05) is 44.2 Å². The summed E-state index contributed by atoms with van der Waals surface area (Å²) < 4.78 is 33.7. The van der Waals surface area contributed by atoms with E-state index in [1.165, 1.54) is 17.7 Å². The van der Waals surface area contributed by atoms with Gasteiger partial charge in [0.2, 0.25) is 0 Å². The molecule has 3 aromatic carbocycles. The van der Waals surface area contributed by atoms with Crippen molar-refractivity contribution in [3.8, 4) is 5.75 Å². The van der Waals surface area contributed by atoms with Crippen LogP contribution in [0, 0.1) is 13.8 Å². The van der Waals surface area contributed by atoms with Crippen LogP contribution in [0.2, 0.25) is 0 Å². The molecule has 0 saturated heterocycles. The van der Waals surface area contributed by atoms with Crippen molar-refractivity contribution in [2.75, 3.05) is 10.0 Å². The first-order valence-corrected chi connectivity index (χ1v) is 11.9. The second kappa shape index (κ2) is 9.87. The molecule has 0 aliphatic rings. The van der Waals surface area contributed by atoms with Crippen molar-refractivity contribution in [3.05, 3.63) is 83.4 Å². The van der Waals surface area contributed by atoms with E-state index >= 15 is 0 Å². The maximum atomic E-state index is 12.7. The van der Waals surface area contributed by atoms with Gasteiger partial charge in [-0.2, -0.15) is 0 Å². The molecule has 1 atom stereocenters. The molecule has 0 bridgehead atoms. The third-order valence-electron chi connectivity index (χ3n) is 4.92. The number of carbonyl (C=O) groups is 1. The first kappa shape index (κ1) is 23.3. The molecule has 0 radical (unpaired) electrons. The zero-order valence-corrected chi connectivity index (χ0v) is 19.5. The maximum Gasteiger partial charge on any atom is 0.265 e. The summed E-state index contributed by atoms with van der Waals surface area (Å²) in [6.07, 6.45) is 0.222. The Morgan fingerprint density at radius 3 is 2.06 bits per heavy atom. The molecule has 1 unspecified atom stereocenters. The fraction of sp³-hybridized carbons (Fsp3) is 0.240. The zero-order chi connectivity index (χ0) is 23.3. The fourth-order valence-corrected chi connectivity index (χ4v) is 4.31. The van der Waals surface area contributed by atoms with Gasteiger partial charge in [0.15, 0.2) is 6.10 Å². The summed E-state index contributed by atoms with van der Waals surface area (Å²) in [6, 6.07) is 19.1. The largest absolute Gasteiger partial charge is 0.481 e. The first-order chi connectivity index (χ1) is 15.2. The van der Waals surface area contributed by atoms with E-state index in [9.17, 15) is 13.2 Å². The van der Waals surface area contributed by atoms with Crippen LogP contribution in [0.1, 0.15) is 30.5 Å². The third-order valence-corrected chi connectivity index (χ3v) is 6.32. The summed E-state index contributed by atoms with van der Waals surface area (Å²) in [5.74, 6) is 0.289. The van der Waals surface area contributed by atoms with Crippen molar-refractivity contribution in [3.63, 3.8) is 0 Å². The van der Waals surface area contributed by atoms with Gasteiger partial charge in [0, 0.05) is 11.4 Å². The van der Waals surface area contributed by atoms with Crippen LogP contribution in [0.3, 0.4) is 0 Å². The minimum atomic E-state index is -3.74. The van der Waals surface area contributed by atoms with Crippen LogP contribution in [-0.4, -0.2) is 20.4 Å². The van der Waals surface area contributed by atoms with Crippen molar-refractivity contribution in [1.82, 2.24) is 0 Å². The number of nitrogens with one attached hydrogen (secondary N) is 2. The van der Waals surface area contributed by atoms with Crippen molar-refractivity contribution in [2.24, 2.45) is 0 Å². The molecule has 3 aromatic rings. The van der Waals surface area contributed by atoms with Crippen molar-refractivity contribution >= 4 is 27.3 Å². The van der Waals surface area contributed by atoms with E-state index < -0.39 is 16.1 Å². The normalized spacial score (nSPS) is 12.1. The Hall–Kier alpha value is -3.32. The van der Waals surface area contributed by atoms with Crippen LogP contribution in [0.25, 0.3) is 0 Å². The summed E-state index contributed by atoms with van der Waals surface area (Å²) in [7, 11) is -3.74. The Kier molecular flexibility index (Phi) is 7.20. The lowest BCUT2D eigenvalue weighted by Crippen LogP contribution is -2.30. The third kappa shape index (κ3) is 6.11. The van der Waals surface area contributed by atoms with Crippen LogP contribution >= 0.6 is 0 Å². The average Bonchev–Trinajstić information content (AvgIpc) is 2.73. The highest BCUT2D eigenvalue weighted by molar-refractivity contribution is 7.92. The molecular weight excluding hydrogens is 424 g/mol. The van der Waals surface area contributed by atoms with Crippen molar-refractivity contribution in [1.29, 1.82) is 0 Å². The summed E-state index contributed by atoms with van der Waals surface area (Å²) in [4.78, 5) is 12.6. The highest BCUT2D eigenvalue weighted by Gasteiger charge is 2.17. The number of sulfonamides is 1. The van der Waals surface area contributed by atoms with E-state index in [2.05, 4.69) is 17.0 Å². The number of carbonyl (C=O) groups excluding carboxylic acids is 1. The molecule has 168 valence electrons. The SMILES string of the molecule is CCc1ccc(OC(C)C(=O)Nc2ccc(S(=O)(=O)Nc3cc(C)cc(C)c3)cc2)cc1. The van der Waals surface area contributed by atoms with Crippen molar-refractivity contribution < 1.29 is 17.9 Å². The Labute approximate surface area is 189 Å². The van der Waals surface area contributed by atoms with Gasteiger partial charge in [-0.05, 0) is 92.4 Å². The Balaban J connectivity index is 1.63. The molecule has 0 fully saturated rings. The second-order valence-electron chi connectivity index (χ2n) is 7.75. The quantitative estimate of drug-likeness (QED) is 0.500. The number of amides is 1. The van der Waals surface area contributed by atoms with E-state index in [1.54, 1.807) is 31.2 Å². The molecular formula is C25H28N2O4S. The first-order valence-electron chi connectivity index (χ1n) is 10.4. The summed E-state index contributed by atoms with van der Waals surface area (Å²) in [6.45, 7) is 7.55. The Morgan fingerprint density at radius 1 is 0.906 bits per heavy atom. The van der Waals surface area contributed by atoms with E-state index in [0.29, 0.717) is 17.1 Å². The number of hydrogen-bond donors (Lipinski definition) is 2. The summed E-state index contributed by atoms with van der Waals surface area (Å²) >= 11 is 0. The van der Waals surface area contributed by atoms with Crippen LogP contribution in [0.5, 0.6) is 5.75 Å². The highest BCUT2D eigenvalue weighted by atomic mass is 32.2. The van der Waals surface area contributed by atoms with Gasteiger partial charge < -0.3 is 10.1 Å². The van der Waals surface area contributed by atoms with E-state index in [-0.39, 0.29) is 10.8 Å². The number of benzene rings is 3. The van der Waals surface area contributed by atoms with Crippen molar-refractivity contribution in [2.45, 2.75) is 45.1 Å². The molecule has 6 nitrogen and oxygen atoms in total. The monoisotopic (exact) mass is 452 g/mol. The average molecular weight is 453 g/mol. The molecule has 1 amide bonds. The molecule has 0 saturated carbocycles. The van der Waals surface area contributed by atoms with Crippen LogP contribution in [0.15, 0.2) is 71.6 Å². The lowest BCUT2D eigenvalue weighted by atomic mass is 10.1. The van der Waals surface area contributed by atoms with Gasteiger partial charge in [-0.25, -0.2) is 8.42 Å². The van der Waals surface area contributed by atoms with Crippen LogP contribution < -0.4 is 14.8 Å². The summed E-state index contributed by atoms with van der Waals surface area (Å²) in [5.41, 5.74) is 4.13. The number of hydrogen-bond acceptors (Lipinski definition) is 4. The second-order valence-corrected chi connectivity index (χ2v) is 9.44. The lowest BCUT2D eigenvalue weighted by Gasteiger charge is -2.15. The van der Waals surface area contributed by atoms with Crippen LogP contribution in [0.4, 0.5) is 11.4 Å². The van der Waals surface area contributed by atoms with Gasteiger partial charge in [-0.1, -0.05) is 25.1 Å². The molecule has 7 heteroatoms. The molecule has 3 rings (SSSR count). The van der Waals surface area contributed by atoms with E-state index in [4.69, 9.17) is 4.74 Å². The van der Waals surface area contributed by atoms with Gasteiger partial charge in [0.1, 0.15) is 5.75 Å². The number of aryl methyl sites for hydroxylation is 3. The number of anilines is 2. The number of ether oxygens (including phenoxy) is 1. The van der Waals surface area contributed by atoms with Gasteiger partial charge in [0.05, 0.1) is 4.90 Å². The van der Waals surface area contributed by atoms with Gasteiger partial charge in [-0.3, -0.25) is 9.52 Å². The van der Waals surface area contributed by atoms with Gasteiger partial charge in [0.25, 0.3) is 15.9 Å². The van der Waals surface area contributed by atoms with Crippen LogP contribution in [-0.2, 0) is 21.2 Å². The fourth-order valence-electron chi connectivity index (χ4n) is 3.27. The topological polar surface area (TPSA) is 84.5 Å². The lowest BCUT2D eigenvalue weighted by molar-refractivity contribution is -0.122. The molecule has 0 heterocycles. The highest BCUT2D eigenvalue weighted by Crippen LogP contribution is 2.21. The predicted octanol–water partition coefficient (Wildman–Crippen LogP) is 5.07. The number of rotatable bonds is 8. The standard InChI is InChI=1S/C25H28N2O4S/c1-5-20-6-10-23(11-7-20)31-19(4)25(28)26-21-8-12-24(13-9-21)32(29,30)27-22-15-17(2)14-18(3)16-22/h6-16,19,27H,5H2,1-4H3,(H,26,28). The molecule has 0 aliphatic carbocycles.